The molecule has 0 aliphatic heterocycles. The van der Waals surface area contributed by atoms with Crippen LogP contribution in [-0.2, 0) is 0 Å². The highest BCUT2D eigenvalue weighted by Crippen LogP contribution is 2.18. The van der Waals surface area contributed by atoms with E-state index >= 15 is 0 Å². The topological polar surface area (TPSA) is 41.1 Å². The van der Waals surface area contributed by atoms with Crippen LogP contribution in [-0.4, -0.2) is 31.5 Å². The second-order valence-electron chi connectivity index (χ2n) is 3.83. The lowest BCUT2D eigenvalue weighted by Crippen LogP contribution is -2.19. The summed E-state index contributed by atoms with van der Waals surface area (Å²) in [5, 5.41) is 6.03. The number of hydrogen-bond donors (Lipinski definition) is 2. The van der Waals surface area contributed by atoms with Crippen LogP contribution in [0.25, 0.3) is 0 Å². The number of carbonyl (C=O) groups is 1. The van der Waals surface area contributed by atoms with Crippen molar-refractivity contribution in [1.82, 2.24) is 5.32 Å². The number of amides is 1. The summed E-state index contributed by atoms with van der Waals surface area (Å²) in [7, 11) is 1.65. The lowest BCUT2D eigenvalue weighted by Gasteiger charge is -2.12. The van der Waals surface area contributed by atoms with Crippen molar-refractivity contribution >= 4 is 23.4 Å². The summed E-state index contributed by atoms with van der Waals surface area (Å²) in [4.78, 5) is 11.6. The van der Waals surface area contributed by atoms with Crippen molar-refractivity contribution in [2.75, 3.05) is 30.9 Å². The Morgan fingerprint density at radius 3 is 2.82 bits per heavy atom. The second-order valence-corrected chi connectivity index (χ2v) is 4.82. The summed E-state index contributed by atoms with van der Waals surface area (Å²) >= 11 is 1.85. The molecule has 0 radical (unpaired) electrons. The highest BCUT2D eigenvalue weighted by atomic mass is 32.2. The van der Waals surface area contributed by atoms with Crippen molar-refractivity contribution in [1.29, 1.82) is 0 Å². The summed E-state index contributed by atoms with van der Waals surface area (Å²) in [5.41, 5.74) is 2.80. The van der Waals surface area contributed by atoms with Crippen molar-refractivity contribution in [2.24, 2.45) is 0 Å². The number of rotatable bonds is 6. The van der Waals surface area contributed by atoms with Gasteiger partial charge in [0.15, 0.2) is 0 Å². The molecule has 0 fully saturated rings. The van der Waals surface area contributed by atoms with Crippen LogP contribution in [0.4, 0.5) is 5.69 Å². The van der Waals surface area contributed by atoms with Gasteiger partial charge in [-0.15, -0.1) is 0 Å². The number of hydrogen-bond acceptors (Lipinski definition) is 3. The number of nitrogens with one attached hydrogen (secondary N) is 2. The number of carbonyl (C=O) groups excluding carboxylic acids is 1. The molecule has 1 aromatic rings. The molecular formula is C13H20N2OS. The molecule has 3 nitrogen and oxygen atoms in total. The maximum absolute atomic E-state index is 11.6. The number of benzene rings is 1. The summed E-state index contributed by atoms with van der Waals surface area (Å²) in [5.74, 6) is 1.12. The summed E-state index contributed by atoms with van der Waals surface area (Å²) in [6.07, 6.45) is 3.24. The molecule has 0 bridgehead atoms. The Morgan fingerprint density at radius 2 is 2.18 bits per heavy atom. The number of thioether (sulfide) groups is 1. The Hall–Kier alpha value is -1.16. The summed E-state index contributed by atoms with van der Waals surface area (Å²) < 4.78 is 0. The molecule has 1 aromatic carbocycles. The molecule has 17 heavy (non-hydrogen) atoms. The first-order valence-electron chi connectivity index (χ1n) is 5.75. The standard InChI is InChI=1S/C13H20N2OS/c1-10-11(13(16)14-2)6-4-7-12(10)15-8-5-9-17-3/h4,6-7,15H,5,8-9H2,1-3H3,(H,14,16). The molecule has 1 amide bonds. The maximum atomic E-state index is 11.6. The van der Waals surface area contributed by atoms with Crippen LogP contribution in [0, 0.1) is 6.92 Å². The van der Waals surface area contributed by atoms with Crippen molar-refractivity contribution in [3.63, 3.8) is 0 Å². The molecule has 1 rings (SSSR count). The predicted octanol–water partition coefficient (Wildman–Crippen LogP) is 2.52. The second kappa shape index (κ2) is 7.22. The van der Waals surface area contributed by atoms with Crippen LogP contribution in [0.5, 0.6) is 0 Å². The first-order chi connectivity index (χ1) is 8.20. The van der Waals surface area contributed by atoms with Crippen LogP contribution >= 0.6 is 11.8 Å². The summed E-state index contributed by atoms with van der Waals surface area (Å²) in [6, 6.07) is 5.77. The monoisotopic (exact) mass is 252 g/mol. The average molecular weight is 252 g/mol. The van der Waals surface area contributed by atoms with E-state index in [2.05, 4.69) is 16.9 Å². The zero-order valence-corrected chi connectivity index (χ0v) is 11.5. The molecule has 0 heterocycles. The average Bonchev–Trinajstić information content (AvgIpc) is 2.35. The molecule has 2 N–H and O–H groups in total. The van der Waals surface area contributed by atoms with Gasteiger partial charge in [-0.3, -0.25) is 4.79 Å². The first-order valence-corrected chi connectivity index (χ1v) is 7.14. The minimum Gasteiger partial charge on any atom is -0.385 e. The third-order valence-electron chi connectivity index (χ3n) is 2.65. The van der Waals surface area contributed by atoms with Crippen molar-refractivity contribution in [3.05, 3.63) is 29.3 Å². The zero-order chi connectivity index (χ0) is 12.7. The smallest absolute Gasteiger partial charge is 0.251 e. The number of anilines is 1. The fourth-order valence-corrected chi connectivity index (χ4v) is 2.08. The van der Waals surface area contributed by atoms with E-state index in [0.717, 1.165) is 35.5 Å². The van der Waals surface area contributed by atoms with Crippen molar-refractivity contribution in [2.45, 2.75) is 13.3 Å². The van der Waals surface area contributed by atoms with E-state index < -0.39 is 0 Å². The minimum absolute atomic E-state index is 0.0322. The van der Waals surface area contributed by atoms with Crippen molar-refractivity contribution in [3.8, 4) is 0 Å². The molecule has 0 aliphatic carbocycles. The fourth-order valence-electron chi connectivity index (χ4n) is 1.65. The van der Waals surface area contributed by atoms with Crippen LogP contribution in [0.1, 0.15) is 22.3 Å². The van der Waals surface area contributed by atoms with Gasteiger partial charge < -0.3 is 10.6 Å². The van der Waals surface area contributed by atoms with E-state index in [-0.39, 0.29) is 5.91 Å². The predicted molar refractivity (Wildman–Crippen MR) is 76.1 cm³/mol. The van der Waals surface area contributed by atoms with E-state index in [0.29, 0.717) is 0 Å². The van der Waals surface area contributed by atoms with Gasteiger partial charge in [0.1, 0.15) is 0 Å². The van der Waals surface area contributed by atoms with Crippen LogP contribution < -0.4 is 10.6 Å². The molecule has 4 heteroatoms. The largest absolute Gasteiger partial charge is 0.385 e. The molecule has 0 aliphatic rings. The first kappa shape index (κ1) is 13.9. The van der Waals surface area contributed by atoms with Gasteiger partial charge in [-0.1, -0.05) is 6.07 Å². The van der Waals surface area contributed by atoms with Gasteiger partial charge in [0.25, 0.3) is 5.91 Å². The van der Waals surface area contributed by atoms with Crippen molar-refractivity contribution < 1.29 is 4.79 Å². The Bertz CT molecular complexity index is 380. The summed E-state index contributed by atoms with van der Waals surface area (Å²) in [6.45, 7) is 2.92. The highest BCUT2D eigenvalue weighted by Gasteiger charge is 2.09. The Balaban J connectivity index is 2.70. The van der Waals surface area contributed by atoms with Gasteiger partial charge in [0.05, 0.1) is 0 Å². The molecule has 94 valence electrons. The van der Waals surface area contributed by atoms with Crippen LogP contribution in [0.15, 0.2) is 18.2 Å². The zero-order valence-electron chi connectivity index (χ0n) is 10.7. The molecule has 0 atom stereocenters. The Morgan fingerprint density at radius 1 is 1.41 bits per heavy atom. The van der Waals surface area contributed by atoms with E-state index in [1.54, 1.807) is 7.05 Å². The van der Waals surface area contributed by atoms with E-state index in [1.165, 1.54) is 0 Å². The minimum atomic E-state index is -0.0322. The Labute approximate surface area is 107 Å². The fraction of sp³-hybridized carbons (Fsp3) is 0.462. The van der Waals surface area contributed by atoms with Gasteiger partial charge in [-0.25, -0.2) is 0 Å². The molecular weight excluding hydrogens is 232 g/mol. The van der Waals surface area contributed by atoms with Gasteiger partial charge in [-0.05, 0) is 43.0 Å². The van der Waals surface area contributed by atoms with Crippen LogP contribution in [0.2, 0.25) is 0 Å². The van der Waals surface area contributed by atoms with E-state index in [4.69, 9.17) is 0 Å². The quantitative estimate of drug-likeness (QED) is 0.764. The molecule has 0 saturated heterocycles. The molecule has 0 aromatic heterocycles. The lowest BCUT2D eigenvalue weighted by atomic mass is 10.1. The Kier molecular flexibility index (Phi) is 5.91. The van der Waals surface area contributed by atoms with Gasteiger partial charge in [0.2, 0.25) is 0 Å². The third kappa shape index (κ3) is 3.97. The highest BCUT2D eigenvalue weighted by molar-refractivity contribution is 7.98. The SMILES string of the molecule is CNC(=O)c1cccc(NCCCSC)c1C. The van der Waals surface area contributed by atoms with Gasteiger partial charge >= 0.3 is 0 Å². The lowest BCUT2D eigenvalue weighted by molar-refractivity contribution is 0.0962. The van der Waals surface area contributed by atoms with Crippen LogP contribution in [0.3, 0.4) is 0 Å². The van der Waals surface area contributed by atoms with Gasteiger partial charge in [-0.2, -0.15) is 11.8 Å². The normalized spacial score (nSPS) is 10.1. The van der Waals surface area contributed by atoms with E-state index in [9.17, 15) is 4.79 Å². The molecule has 0 spiro atoms. The third-order valence-corrected chi connectivity index (χ3v) is 3.34. The maximum Gasteiger partial charge on any atom is 0.251 e. The molecule has 0 saturated carbocycles. The van der Waals surface area contributed by atoms with E-state index in [1.807, 2.05) is 36.9 Å². The molecule has 0 unspecified atom stereocenters. The van der Waals surface area contributed by atoms with Gasteiger partial charge in [0, 0.05) is 24.8 Å².